The predicted octanol–water partition coefficient (Wildman–Crippen LogP) is 3.75. The van der Waals surface area contributed by atoms with Crippen LogP contribution in [0.1, 0.15) is 10.6 Å². The standard InChI is InChI=1S/C11H6Cl2N2O4/c12-7-5-6(1-2-8(7)15(17)18)14-11(16)9-3-4-10(13)19-9/h1-5H,(H,14,16). The molecule has 19 heavy (non-hydrogen) atoms. The van der Waals surface area contributed by atoms with Gasteiger partial charge in [0.05, 0.1) is 4.92 Å². The van der Waals surface area contributed by atoms with Crippen molar-refractivity contribution in [3.05, 3.63) is 56.4 Å². The van der Waals surface area contributed by atoms with Gasteiger partial charge in [0.15, 0.2) is 11.0 Å². The lowest BCUT2D eigenvalue weighted by Gasteiger charge is -2.03. The van der Waals surface area contributed by atoms with E-state index in [2.05, 4.69) is 5.32 Å². The maximum Gasteiger partial charge on any atom is 0.291 e. The van der Waals surface area contributed by atoms with Crippen LogP contribution in [0.2, 0.25) is 10.2 Å². The van der Waals surface area contributed by atoms with Gasteiger partial charge in [0.1, 0.15) is 5.02 Å². The highest BCUT2D eigenvalue weighted by Crippen LogP contribution is 2.27. The van der Waals surface area contributed by atoms with E-state index in [0.717, 1.165) is 0 Å². The molecule has 0 aliphatic heterocycles. The van der Waals surface area contributed by atoms with E-state index in [1.54, 1.807) is 0 Å². The number of furan rings is 1. The van der Waals surface area contributed by atoms with Crippen molar-refractivity contribution in [2.24, 2.45) is 0 Å². The molecule has 0 saturated heterocycles. The minimum atomic E-state index is -0.611. The van der Waals surface area contributed by atoms with Crippen molar-refractivity contribution in [1.82, 2.24) is 0 Å². The minimum Gasteiger partial charge on any atom is -0.440 e. The topological polar surface area (TPSA) is 85.4 Å². The lowest BCUT2D eigenvalue weighted by atomic mass is 10.2. The smallest absolute Gasteiger partial charge is 0.291 e. The molecule has 2 aromatic rings. The van der Waals surface area contributed by atoms with Crippen molar-refractivity contribution in [3.8, 4) is 0 Å². The molecule has 0 aliphatic rings. The average molecular weight is 301 g/mol. The summed E-state index contributed by atoms with van der Waals surface area (Å²) in [5.74, 6) is -0.503. The molecule has 2 rings (SSSR count). The highest BCUT2D eigenvalue weighted by Gasteiger charge is 2.15. The van der Waals surface area contributed by atoms with Gasteiger partial charge in [0, 0.05) is 11.8 Å². The van der Waals surface area contributed by atoms with Gasteiger partial charge >= 0.3 is 0 Å². The number of benzene rings is 1. The highest BCUT2D eigenvalue weighted by molar-refractivity contribution is 6.33. The zero-order valence-electron chi connectivity index (χ0n) is 9.22. The Morgan fingerprint density at radius 3 is 2.53 bits per heavy atom. The number of rotatable bonds is 3. The third-order valence-electron chi connectivity index (χ3n) is 2.20. The minimum absolute atomic E-state index is 0.0273. The van der Waals surface area contributed by atoms with Crippen molar-refractivity contribution < 1.29 is 14.1 Å². The van der Waals surface area contributed by atoms with Crippen LogP contribution < -0.4 is 5.32 Å². The first-order valence-corrected chi connectivity index (χ1v) is 5.73. The van der Waals surface area contributed by atoms with E-state index < -0.39 is 10.8 Å². The van der Waals surface area contributed by atoms with Crippen LogP contribution >= 0.6 is 23.2 Å². The first kappa shape index (κ1) is 13.4. The second kappa shape index (κ2) is 5.29. The summed E-state index contributed by atoms with van der Waals surface area (Å²) in [6.45, 7) is 0. The van der Waals surface area contributed by atoms with Gasteiger partial charge in [-0.2, -0.15) is 0 Å². The monoisotopic (exact) mass is 300 g/mol. The Labute approximate surface area is 117 Å². The summed E-state index contributed by atoms with van der Waals surface area (Å²) in [6.07, 6.45) is 0. The van der Waals surface area contributed by atoms with Gasteiger partial charge in [-0.15, -0.1) is 0 Å². The first-order valence-electron chi connectivity index (χ1n) is 4.98. The van der Waals surface area contributed by atoms with Crippen molar-refractivity contribution in [2.75, 3.05) is 5.32 Å². The summed E-state index contributed by atoms with van der Waals surface area (Å²) >= 11 is 11.3. The van der Waals surface area contributed by atoms with Crippen LogP contribution in [-0.4, -0.2) is 10.8 Å². The third kappa shape index (κ3) is 3.04. The summed E-state index contributed by atoms with van der Waals surface area (Å²) in [6, 6.07) is 6.69. The van der Waals surface area contributed by atoms with Crippen LogP contribution in [0.4, 0.5) is 11.4 Å². The summed E-state index contributed by atoms with van der Waals surface area (Å²) in [7, 11) is 0. The van der Waals surface area contributed by atoms with Gasteiger partial charge in [-0.3, -0.25) is 14.9 Å². The number of nitrogens with one attached hydrogen (secondary N) is 1. The van der Waals surface area contributed by atoms with Crippen molar-refractivity contribution in [2.45, 2.75) is 0 Å². The Hall–Kier alpha value is -2.05. The summed E-state index contributed by atoms with van der Waals surface area (Å²) in [5, 5.41) is 13.1. The predicted molar refractivity (Wildman–Crippen MR) is 69.8 cm³/mol. The Balaban J connectivity index is 2.18. The molecule has 1 N–H and O–H groups in total. The lowest BCUT2D eigenvalue weighted by molar-refractivity contribution is -0.384. The van der Waals surface area contributed by atoms with E-state index in [1.807, 2.05) is 0 Å². The van der Waals surface area contributed by atoms with Crippen LogP contribution in [0, 0.1) is 10.1 Å². The molecule has 1 aromatic heterocycles. The fourth-order valence-corrected chi connectivity index (χ4v) is 1.76. The maximum absolute atomic E-state index is 11.7. The van der Waals surface area contributed by atoms with E-state index in [-0.39, 0.29) is 21.7 Å². The van der Waals surface area contributed by atoms with Crippen LogP contribution in [-0.2, 0) is 0 Å². The molecule has 0 aliphatic carbocycles. The van der Waals surface area contributed by atoms with Crippen LogP contribution in [0.3, 0.4) is 0 Å². The summed E-state index contributed by atoms with van der Waals surface area (Å²) in [4.78, 5) is 21.7. The van der Waals surface area contributed by atoms with Crippen LogP contribution in [0.25, 0.3) is 0 Å². The molecule has 6 nitrogen and oxygen atoms in total. The number of halogens is 2. The van der Waals surface area contributed by atoms with E-state index in [4.69, 9.17) is 27.6 Å². The molecule has 0 atom stereocenters. The average Bonchev–Trinajstić information content (AvgIpc) is 2.75. The molecule has 1 aromatic carbocycles. The quantitative estimate of drug-likeness (QED) is 0.691. The third-order valence-corrected chi connectivity index (χ3v) is 2.71. The van der Waals surface area contributed by atoms with Crippen LogP contribution in [0.15, 0.2) is 34.7 Å². The largest absolute Gasteiger partial charge is 0.440 e. The Morgan fingerprint density at radius 1 is 1.26 bits per heavy atom. The van der Waals surface area contributed by atoms with Gasteiger partial charge in [0.25, 0.3) is 11.6 Å². The molecule has 0 unspecified atom stereocenters. The van der Waals surface area contributed by atoms with E-state index in [0.29, 0.717) is 5.69 Å². The summed E-state index contributed by atoms with van der Waals surface area (Å²) < 4.78 is 4.92. The van der Waals surface area contributed by atoms with Gasteiger partial charge in [-0.25, -0.2) is 0 Å². The number of nitrogens with zero attached hydrogens (tertiary/aromatic N) is 1. The van der Waals surface area contributed by atoms with Crippen molar-refractivity contribution in [3.63, 3.8) is 0 Å². The molecular weight excluding hydrogens is 295 g/mol. The van der Waals surface area contributed by atoms with Gasteiger partial charge < -0.3 is 9.73 Å². The zero-order chi connectivity index (χ0) is 14.0. The molecule has 0 bridgehead atoms. The van der Waals surface area contributed by atoms with E-state index >= 15 is 0 Å². The van der Waals surface area contributed by atoms with Gasteiger partial charge in [-0.05, 0) is 35.9 Å². The number of carbonyl (C=O) groups excluding carboxylic acids is 1. The Morgan fingerprint density at radius 2 is 2.00 bits per heavy atom. The molecule has 1 amide bonds. The second-order valence-electron chi connectivity index (χ2n) is 3.48. The second-order valence-corrected chi connectivity index (χ2v) is 4.26. The number of hydrogen-bond acceptors (Lipinski definition) is 4. The molecular formula is C11H6Cl2N2O4. The fourth-order valence-electron chi connectivity index (χ4n) is 1.36. The summed E-state index contributed by atoms with van der Waals surface area (Å²) in [5.41, 5.74) is 0.0776. The number of nitro groups is 1. The Bertz CT molecular complexity index is 654. The van der Waals surface area contributed by atoms with Crippen LogP contribution in [0.5, 0.6) is 0 Å². The number of anilines is 1. The molecule has 0 saturated carbocycles. The van der Waals surface area contributed by atoms with Crippen molar-refractivity contribution >= 4 is 40.5 Å². The van der Waals surface area contributed by atoms with Crippen molar-refractivity contribution in [1.29, 1.82) is 0 Å². The Kier molecular flexibility index (Phi) is 3.73. The first-order chi connectivity index (χ1) is 8.97. The fraction of sp³-hybridized carbons (Fsp3) is 0. The normalized spacial score (nSPS) is 10.2. The lowest BCUT2D eigenvalue weighted by Crippen LogP contribution is -2.10. The number of carbonyl (C=O) groups is 1. The molecule has 8 heteroatoms. The molecule has 0 spiro atoms. The molecule has 0 radical (unpaired) electrons. The van der Waals surface area contributed by atoms with Gasteiger partial charge in [0.2, 0.25) is 0 Å². The number of hydrogen-bond donors (Lipinski definition) is 1. The highest BCUT2D eigenvalue weighted by atomic mass is 35.5. The molecule has 98 valence electrons. The molecule has 0 fully saturated rings. The van der Waals surface area contributed by atoms with Gasteiger partial charge in [-0.1, -0.05) is 11.6 Å². The van der Waals surface area contributed by atoms with E-state index in [1.165, 1.54) is 30.3 Å². The van der Waals surface area contributed by atoms with E-state index in [9.17, 15) is 14.9 Å². The number of amides is 1. The SMILES string of the molecule is O=C(Nc1ccc([N+](=O)[O-])c(Cl)c1)c1ccc(Cl)o1. The molecule has 1 heterocycles. The zero-order valence-corrected chi connectivity index (χ0v) is 10.7. The number of nitro benzene ring substituents is 1. The maximum atomic E-state index is 11.7.